The average Bonchev–Trinajstić information content (AvgIpc) is 3.34. The monoisotopic (exact) mass is 330 g/mol. The number of carbonyl (C=O) groups excluding carboxylic acids is 1. The van der Waals surface area contributed by atoms with Crippen LogP contribution in [0, 0.1) is 6.92 Å². The molecule has 0 saturated carbocycles. The summed E-state index contributed by atoms with van der Waals surface area (Å²) in [6, 6.07) is 16.4. The van der Waals surface area contributed by atoms with Crippen LogP contribution >= 0.6 is 0 Å². The summed E-state index contributed by atoms with van der Waals surface area (Å²) >= 11 is 0. The van der Waals surface area contributed by atoms with E-state index in [-0.39, 0.29) is 12.6 Å². The Morgan fingerprint density at radius 2 is 1.83 bits per heavy atom. The Morgan fingerprint density at radius 1 is 1.17 bits per heavy atom. The molecule has 1 aliphatic rings. The Balaban J connectivity index is 1.57. The highest BCUT2D eigenvalue weighted by Gasteiger charge is 2.48. The molecule has 0 spiro atoms. The van der Waals surface area contributed by atoms with Gasteiger partial charge in [-0.2, -0.15) is 0 Å². The second-order valence-electron chi connectivity index (χ2n) is 5.72. The van der Waals surface area contributed by atoms with Crippen LogP contribution in [0.15, 0.2) is 59.5 Å². The number of hydrogen-bond donors (Lipinski definition) is 0. The van der Waals surface area contributed by atoms with Crippen molar-refractivity contribution >= 4 is 16.8 Å². The van der Waals surface area contributed by atoms with Gasteiger partial charge in [-0.3, -0.25) is 4.21 Å². The van der Waals surface area contributed by atoms with Gasteiger partial charge < -0.3 is 9.47 Å². The van der Waals surface area contributed by atoms with Gasteiger partial charge in [-0.1, -0.05) is 35.9 Å². The van der Waals surface area contributed by atoms with Crippen molar-refractivity contribution in [3.8, 4) is 0 Å². The fraction of sp³-hybridized carbons (Fsp3) is 0.278. The van der Waals surface area contributed by atoms with Gasteiger partial charge in [-0.05, 0) is 31.2 Å². The third kappa shape index (κ3) is 4.06. The predicted octanol–water partition coefficient (Wildman–Crippen LogP) is 2.73. The topological polar surface area (TPSA) is 55.9 Å². The molecule has 0 bridgehead atoms. The molecular formula is C18H18O4S. The Labute approximate surface area is 137 Å². The van der Waals surface area contributed by atoms with Crippen LogP contribution in [0.5, 0.6) is 0 Å². The second-order valence-corrected chi connectivity index (χ2v) is 7.17. The molecular weight excluding hydrogens is 312 g/mol. The highest BCUT2D eigenvalue weighted by molar-refractivity contribution is 7.85. The number of epoxide rings is 1. The van der Waals surface area contributed by atoms with Crippen molar-refractivity contribution in [1.29, 1.82) is 0 Å². The zero-order valence-corrected chi connectivity index (χ0v) is 13.7. The molecule has 1 heterocycles. The van der Waals surface area contributed by atoms with E-state index < -0.39 is 16.4 Å². The zero-order valence-electron chi connectivity index (χ0n) is 12.9. The Morgan fingerprint density at radius 3 is 2.43 bits per heavy atom. The highest BCUT2D eigenvalue weighted by Crippen LogP contribution is 2.30. The third-order valence-corrected chi connectivity index (χ3v) is 5.29. The van der Waals surface area contributed by atoms with E-state index in [1.165, 1.54) is 0 Å². The first kappa shape index (κ1) is 15.9. The minimum Gasteiger partial charge on any atom is -0.459 e. The number of carbonyl (C=O) groups is 1. The van der Waals surface area contributed by atoms with Gasteiger partial charge in [0.05, 0.1) is 28.7 Å². The number of hydrogen-bond acceptors (Lipinski definition) is 4. The molecule has 0 aromatic heterocycles. The number of esters is 1. The molecule has 0 amide bonds. The van der Waals surface area contributed by atoms with E-state index in [1.807, 2.05) is 37.3 Å². The van der Waals surface area contributed by atoms with Gasteiger partial charge in [0.2, 0.25) is 0 Å². The number of aryl methyl sites for hydroxylation is 1. The summed E-state index contributed by atoms with van der Waals surface area (Å²) in [5, 5.41) is 0. The standard InChI is InChI=1S/C18H18O4S/c1-14-7-9-16(10-8-14)23(20)13-18(12-22-18)11-21-17(19)15-5-3-2-4-6-15/h2-10H,11-13H2,1H3/t18-,23?/m1/s1. The van der Waals surface area contributed by atoms with Gasteiger partial charge in [0.25, 0.3) is 0 Å². The molecule has 2 aromatic carbocycles. The van der Waals surface area contributed by atoms with E-state index in [0.717, 1.165) is 10.5 Å². The van der Waals surface area contributed by atoms with Crippen molar-refractivity contribution < 1.29 is 18.5 Å². The van der Waals surface area contributed by atoms with Gasteiger partial charge in [-0.15, -0.1) is 0 Å². The maximum Gasteiger partial charge on any atom is 0.338 e. The first-order chi connectivity index (χ1) is 11.1. The molecule has 1 fully saturated rings. The van der Waals surface area contributed by atoms with Gasteiger partial charge in [0.1, 0.15) is 12.2 Å². The van der Waals surface area contributed by atoms with Crippen LogP contribution in [0.1, 0.15) is 15.9 Å². The van der Waals surface area contributed by atoms with Crippen molar-refractivity contribution in [3.63, 3.8) is 0 Å². The Bertz CT molecular complexity index is 706. The van der Waals surface area contributed by atoms with Crippen LogP contribution in [0.2, 0.25) is 0 Å². The van der Waals surface area contributed by atoms with Crippen LogP contribution in [0.3, 0.4) is 0 Å². The number of rotatable bonds is 6. The summed E-state index contributed by atoms with van der Waals surface area (Å²) in [6.45, 7) is 2.58. The van der Waals surface area contributed by atoms with Crippen molar-refractivity contribution in [2.24, 2.45) is 0 Å². The Hall–Kier alpha value is -1.98. The summed E-state index contributed by atoms with van der Waals surface area (Å²) in [7, 11) is -1.17. The van der Waals surface area contributed by atoms with E-state index >= 15 is 0 Å². The van der Waals surface area contributed by atoms with E-state index in [2.05, 4.69) is 0 Å². The highest BCUT2D eigenvalue weighted by atomic mass is 32.2. The molecule has 1 saturated heterocycles. The molecule has 0 N–H and O–H groups in total. The zero-order chi connectivity index (χ0) is 16.3. The lowest BCUT2D eigenvalue weighted by Gasteiger charge is -2.12. The van der Waals surface area contributed by atoms with Crippen molar-refractivity contribution in [3.05, 3.63) is 65.7 Å². The fourth-order valence-electron chi connectivity index (χ4n) is 2.18. The maximum absolute atomic E-state index is 12.4. The largest absolute Gasteiger partial charge is 0.459 e. The number of ether oxygens (including phenoxy) is 2. The molecule has 23 heavy (non-hydrogen) atoms. The fourth-order valence-corrected chi connectivity index (χ4v) is 3.51. The smallest absolute Gasteiger partial charge is 0.338 e. The maximum atomic E-state index is 12.4. The first-order valence-corrected chi connectivity index (χ1v) is 8.71. The average molecular weight is 330 g/mol. The Kier molecular flexibility index (Phi) is 4.59. The molecule has 1 aliphatic heterocycles. The number of benzene rings is 2. The molecule has 5 heteroatoms. The lowest BCUT2D eigenvalue weighted by molar-refractivity contribution is 0.0414. The van der Waals surface area contributed by atoms with Crippen LogP contribution in [0.25, 0.3) is 0 Å². The molecule has 1 unspecified atom stereocenters. The van der Waals surface area contributed by atoms with E-state index in [9.17, 15) is 9.00 Å². The minimum absolute atomic E-state index is 0.123. The van der Waals surface area contributed by atoms with Crippen LogP contribution in [0.4, 0.5) is 0 Å². The third-order valence-electron chi connectivity index (χ3n) is 3.71. The van der Waals surface area contributed by atoms with E-state index in [4.69, 9.17) is 9.47 Å². The molecule has 2 aromatic rings. The normalized spacial score (nSPS) is 20.7. The summed E-state index contributed by atoms with van der Waals surface area (Å²) < 4.78 is 23.2. The quantitative estimate of drug-likeness (QED) is 0.604. The molecule has 3 rings (SSSR count). The molecule has 2 atom stereocenters. The van der Waals surface area contributed by atoms with Crippen molar-refractivity contribution in [2.75, 3.05) is 19.0 Å². The molecule has 4 nitrogen and oxygen atoms in total. The van der Waals surface area contributed by atoms with Gasteiger partial charge >= 0.3 is 5.97 Å². The summed E-state index contributed by atoms with van der Waals surface area (Å²) in [4.78, 5) is 12.7. The molecule has 0 radical (unpaired) electrons. The summed E-state index contributed by atoms with van der Waals surface area (Å²) in [5.74, 6) is -0.0559. The van der Waals surface area contributed by atoms with Crippen LogP contribution in [-0.2, 0) is 20.3 Å². The lowest BCUT2D eigenvalue weighted by atomic mass is 10.2. The minimum atomic E-state index is -1.17. The molecule has 0 aliphatic carbocycles. The van der Waals surface area contributed by atoms with Gasteiger partial charge in [-0.25, -0.2) is 4.79 Å². The summed E-state index contributed by atoms with van der Waals surface area (Å²) in [5.41, 5.74) is 1.02. The van der Waals surface area contributed by atoms with Crippen LogP contribution in [-0.4, -0.2) is 34.7 Å². The van der Waals surface area contributed by atoms with Crippen molar-refractivity contribution in [2.45, 2.75) is 17.4 Å². The van der Waals surface area contributed by atoms with Gasteiger partial charge in [0, 0.05) is 4.90 Å². The molecule has 120 valence electrons. The second kappa shape index (κ2) is 6.64. The van der Waals surface area contributed by atoms with E-state index in [1.54, 1.807) is 24.3 Å². The predicted molar refractivity (Wildman–Crippen MR) is 87.9 cm³/mol. The SMILES string of the molecule is Cc1ccc(S(=O)C[C@@]2(COC(=O)c3ccccc3)CO2)cc1. The van der Waals surface area contributed by atoms with Gasteiger partial charge in [0.15, 0.2) is 0 Å². The lowest BCUT2D eigenvalue weighted by Crippen LogP contribution is -2.28. The van der Waals surface area contributed by atoms with Crippen LogP contribution < -0.4 is 0 Å². The summed E-state index contributed by atoms with van der Waals surface area (Å²) in [6.07, 6.45) is 0. The first-order valence-electron chi connectivity index (χ1n) is 7.39. The van der Waals surface area contributed by atoms with E-state index in [0.29, 0.717) is 17.9 Å². The van der Waals surface area contributed by atoms with Crippen molar-refractivity contribution in [1.82, 2.24) is 0 Å².